The lowest BCUT2D eigenvalue weighted by Gasteiger charge is -2.09. The lowest BCUT2D eigenvalue weighted by Crippen LogP contribution is -2.21. The number of rotatable bonds is 6. The number of halogens is 4. The molecule has 0 spiro atoms. The van der Waals surface area contributed by atoms with E-state index in [1.807, 2.05) is 47.9 Å². The van der Waals surface area contributed by atoms with E-state index in [4.69, 9.17) is 0 Å². The first-order chi connectivity index (χ1) is 15.9. The minimum absolute atomic E-state index is 0.244. The van der Waals surface area contributed by atoms with Crippen LogP contribution < -0.4 is 8.96 Å². The van der Waals surface area contributed by atoms with E-state index in [0.29, 0.717) is 4.90 Å². The van der Waals surface area contributed by atoms with Crippen molar-refractivity contribution in [2.24, 2.45) is 5.10 Å². The normalized spacial score (nSPS) is 13.4. The SMILES string of the molecule is O=C(N/N=C/C(F)(F)F)c1ccccc1Sc1ccc2c(c1)NI=C2/C=C/c1ccccn1. The molecule has 1 aromatic heterocycles. The molecule has 2 heterocycles. The average Bonchev–Trinajstić information content (AvgIpc) is 3.20. The van der Waals surface area contributed by atoms with E-state index in [-0.39, 0.29) is 32.8 Å². The van der Waals surface area contributed by atoms with Crippen molar-refractivity contribution in [3.05, 3.63) is 89.8 Å². The molecule has 0 aliphatic carbocycles. The second kappa shape index (κ2) is 10.3. The Morgan fingerprint density at radius 2 is 1.91 bits per heavy atom. The quantitative estimate of drug-likeness (QED) is 0.161. The van der Waals surface area contributed by atoms with Crippen molar-refractivity contribution in [2.45, 2.75) is 16.0 Å². The lowest BCUT2D eigenvalue weighted by atomic mass is 10.1. The van der Waals surface area contributed by atoms with Crippen LogP contribution in [0.3, 0.4) is 0 Å². The number of carbonyl (C=O) groups excluding carboxylic acids is 1. The Balaban J connectivity index is 1.48. The number of pyridine rings is 1. The highest BCUT2D eigenvalue weighted by Crippen LogP contribution is 2.37. The number of amides is 1. The summed E-state index contributed by atoms with van der Waals surface area (Å²) in [5, 5.41) is 2.98. The number of hydrogen-bond acceptors (Lipinski definition) is 5. The van der Waals surface area contributed by atoms with Crippen LogP contribution in [-0.4, -0.2) is 26.8 Å². The second-order valence-corrected chi connectivity index (χ2v) is 10.0. The van der Waals surface area contributed by atoms with Gasteiger partial charge in [-0.3, -0.25) is 9.78 Å². The smallest absolute Gasteiger partial charge is 0.333 e. The molecule has 1 aliphatic heterocycles. The number of carbonyl (C=O) groups is 1. The molecule has 33 heavy (non-hydrogen) atoms. The molecule has 0 bridgehead atoms. The van der Waals surface area contributed by atoms with E-state index in [0.717, 1.165) is 21.8 Å². The van der Waals surface area contributed by atoms with Crippen LogP contribution in [0.5, 0.6) is 0 Å². The highest BCUT2D eigenvalue weighted by molar-refractivity contribution is 14.2. The third kappa shape index (κ3) is 6.29. The molecule has 0 saturated heterocycles. The average molecular weight is 580 g/mol. The van der Waals surface area contributed by atoms with Crippen molar-refractivity contribution < 1.29 is 18.0 Å². The Hall–Kier alpha value is -2.99. The number of fused-ring (bicyclic) bond motifs is 1. The number of nitrogens with one attached hydrogen (secondary N) is 2. The van der Waals surface area contributed by atoms with Gasteiger partial charge in [0.25, 0.3) is 5.91 Å². The van der Waals surface area contributed by atoms with Crippen molar-refractivity contribution in [1.29, 1.82) is 0 Å². The number of alkyl halides is 3. The molecule has 3 aromatic rings. The molecule has 168 valence electrons. The van der Waals surface area contributed by atoms with E-state index >= 15 is 0 Å². The number of hydrazone groups is 1. The predicted molar refractivity (Wildman–Crippen MR) is 134 cm³/mol. The summed E-state index contributed by atoms with van der Waals surface area (Å²) in [6.07, 6.45) is 0.980. The van der Waals surface area contributed by atoms with E-state index in [2.05, 4.69) is 19.7 Å². The Labute approximate surface area is 202 Å². The monoisotopic (exact) mass is 580 g/mol. The molecule has 10 heteroatoms. The van der Waals surface area contributed by atoms with Crippen LogP contribution in [0.25, 0.3) is 6.08 Å². The van der Waals surface area contributed by atoms with Crippen molar-refractivity contribution in [2.75, 3.05) is 3.53 Å². The third-order valence-corrected chi connectivity index (χ3v) is 7.76. The highest BCUT2D eigenvalue weighted by Gasteiger charge is 2.24. The maximum atomic E-state index is 12.3. The minimum atomic E-state index is -4.59. The largest absolute Gasteiger partial charge is 0.428 e. The number of anilines is 1. The number of nitrogens with zero attached hydrogens (tertiary/aromatic N) is 2. The van der Waals surface area contributed by atoms with E-state index in [1.54, 1.807) is 30.5 Å². The van der Waals surface area contributed by atoms with E-state index < -0.39 is 12.1 Å². The van der Waals surface area contributed by atoms with Crippen LogP contribution in [0, 0.1) is 0 Å². The van der Waals surface area contributed by atoms with Gasteiger partial charge in [-0.05, 0) is 48.6 Å². The summed E-state index contributed by atoms with van der Waals surface area (Å²) in [5.74, 6) is -0.709. The van der Waals surface area contributed by atoms with Crippen LogP contribution in [0.15, 0.2) is 87.8 Å². The maximum absolute atomic E-state index is 12.3. The van der Waals surface area contributed by atoms with Gasteiger partial charge < -0.3 is 3.53 Å². The van der Waals surface area contributed by atoms with Gasteiger partial charge in [0, 0.05) is 46.1 Å². The van der Waals surface area contributed by atoms with Crippen LogP contribution >= 0.6 is 32.8 Å². The Morgan fingerprint density at radius 3 is 2.70 bits per heavy atom. The predicted octanol–water partition coefficient (Wildman–Crippen LogP) is 6.06. The Morgan fingerprint density at radius 1 is 1.09 bits per heavy atom. The zero-order valence-corrected chi connectivity index (χ0v) is 19.8. The standard InChI is InChI=1S/C23H16F3IN4OS/c24-23(25,26)14-29-31-22(32)18-6-1-2-7-21(18)33-16-9-10-17-19(27-30-20(17)13-16)11-8-15-5-3-4-12-28-15/h1-14,30H,(H,31,32)/b11-8+,29-14+. The van der Waals surface area contributed by atoms with Gasteiger partial charge in [0.05, 0.1) is 16.9 Å². The molecule has 1 aliphatic rings. The molecule has 0 atom stereocenters. The molecular formula is C23H16F3IN4OS. The maximum Gasteiger partial charge on any atom is 0.428 e. The van der Waals surface area contributed by atoms with Crippen molar-refractivity contribution in [3.8, 4) is 0 Å². The van der Waals surface area contributed by atoms with Gasteiger partial charge >= 0.3 is 6.18 Å². The first-order valence-corrected chi connectivity index (χ1v) is 12.5. The highest BCUT2D eigenvalue weighted by atomic mass is 127. The first kappa shape index (κ1) is 23.2. The van der Waals surface area contributed by atoms with Crippen LogP contribution in [0.1, 0.15) is 21.6 Å². The van der Waals surface area contributed by atoms with Crippen LogP contribution in [0.2, 0.25) is 0 Å². The molecule has 0 fully saturated rings. The Kier molecular flexibility index (Phi) is 7.23. The zero-order valence-electron chi connectivity index (χ0n) is 16.8. The topological polar surface area (TPSA) is 66.4 Å². The first-order valence-electron chi connectivity index (χ1n) is 9.57. The third-order valence-electron chi connectivity index (χ3n) is 4.32. The van der Waals surface area contributed by atoms with Gasteiger partial charge in [-0.25, -0.2) is 5.43 Å². The summed E-state index contributed by atoms with van der Waals surface area (Å²) in [7, 11) is 0. The molecule has 2 aromatic carbocycles. The molecule has 5 nitrogen and oxygen atoms in total. The van der Waals surface area contributed by atoms with Crippen molar-refractivity contribution in [1.82, 2.24) is 10.4 Å². The number of aromatic nitrogens is 1. The minimum Gasteiger partial charge on any atom is -0.333 e. The zero-order chi connectivity index (χ0) is 23.3. The van der Waals surface area contributed by atoms with Crippen molar-refractivity contribution >= 4 is 60.2 Å². The molecule has 1 amide bonds. The fourth-order valence-corrected chi connectivity index (χ4v) is 6.01. The Bertz CT molecular complexity index is 1260. The summed E-state index contributed by atoms with van der Waals surface area (Å²) in [6, 6.07) is 18.5. The second-order valence-electron chi connectivity index (χ2n) is 6.67. The van der Waals surface area contributed by atoms with E-state index in [9.17, 15) is 18.0 Å². The molecule has 2 N–H and O–H groups in total. The number of benzene rings is 2. The lowest BCUT2D eigenvalue weighted by molar-refractivity contribution is -0.0538. The molecule has 4 rings (SSSR count). The summed E-state index contributed by atoms with van der Waals surface area (Å²) >= 11 is 0.971. The molecule has 0 radical (unpaired) electrons. The summed E-state index contributed by atoms with van der Waals surface area (Å²) in [4.78, 5) is 18.1. The van der Waals surface area contributed by atoms with Crippen molar-refractivity contribution in [3.63, 3.8) is 0 Å². The molecule has 0 saturated carbocycles. The van der Waals surface area contributed by atoms with Gasteiger partial charge in [0.1, 0.15) is 6.21 Å². The summed E-state index contributed by atoms with van der Waals surface area (Å²) in [5.41, 5.74) is 5.22. The number of allylic oxidation sites excluding steroid dienone is 1. The molecule has 0 unspecified atom stereocenters. The van der Waals surface area contributed by atoms with E-state index in [1.165, 1.54) is 15.3 Å². The van der Waals surface area contributed by atoms with Gasteiger partial charge in [-0.1, -0.05) is 36.0 Å². The van der Waals surface area contributed by atoms with Gasteiger partial charge in [0.2, 0.25) is 0 Å². The molecular weight excluding hydrogens is 564 g/mol. The van der Waals surface area contributed by atoms with Gasteiger partial charge in [0.15, 0.2) is 0 Å². The summed E-state index contributed by atoms with van der Waals surface area (Å²) < 4.78 is 41.4. The fraction of sp³-hybridized carbons (Fsp3) is 0.0435. The van der Waals surface area contributed by atoms with Crippen LogP contribution in [-0.2, 0) is 0 Å². The summed E-state index contributed by atoms with van der Waals surface area (Å²) in [6.45, 7) is 0. The fourth-order valence-electron chi connectivity index (χ4n) is 2.87. The van der Waals surface area contributed by atoms with Gasteiger partial charge in [-0.2, -0.15) is 18.3 Å². The number of hydrogen-bond donors (Lipinski definition) is 2. The van der Waals surface area contributed by atoms with Gasteiger partial charge in [-0.15, -0.1) is 0 Å². The van der Waals surface area contributed by atoms with Crippen LogP contribution in [0.4, 0.5) is 18.9 Å².